The van der Waals surface area contributed by atoms with E-state index in [0.717, 1.165) is 56.7 Å². The van der Waals surface area contributed by atoms with Crippen LogP contribution in [0.2, 0.25) is 0 Å². The average molecular weight is 718 g/mol. The standard InChI is InChI=1S/C52H35N3O/c1-52(2)41-24-7-6-17-36(41)47-38(22-11-25-42(47)52)50-53-49(31-13-4-3-5-14-31)54-51(55-50)39-23-12-26-44-48(39)40-29-32(27-28-43(40)56-44)33-18-10-20-35-34-19-8-15-30-16-9-21-37(45(30)34)46(33)35/h3-11,13-22,24-29H,12,23H2,1-2H3. The molecule has 0 unspecified atom stereocenters. The van der Waals surface area contributed by atoms with Gasteiger partial charge in [0.15, 0.2) is 17.5 Å². The van der Waals surface area contributed by atoms with E-state index in [2.05, 4.69) is 147 Å². The van der Waals surface area contributed by atoms with Gasteiger partial charge in [0, 0.05) is 32.7 Å². The maximum atomic E-state index is 6.63. The Morgan fingerprint density at radius 2 is 1.20 bits per heavy atom. The SMILES string of the molecule is CC1(C)c2ccccc2-c2c(-c3nc(C4=c5c(oc6ccc(-c7cccc8c7-c7cccc9cccc-8c79)cc56)=CCC4)nc(-c4ccccc4)n3)cccc21. The van der Waals surface area contributed by atoms with Gasteiger partial charge < -0.3 is 4.42 Å². The van der Waals surface area contributed by atoms with Crippen molar-refractivity contribution < 1.29 is 4.42 Å². The molecule has 12 rings (SSSR count). The fraction of sp³-hybridized carbons (Fsp3) is 0.0962. The van der Waals surface area contributed by atoms with Crippen molar-refractivity contribution in [1.82, 2.24) is 15.0 Å². The van der Waals surface area contributed by atoms with Gasteiger partial charge in [-0.25, -0.2) is 15.0 Å². The zero-order chi connectivity index (χ0) is 37.1. The summed E-state index contributed by atoms with van der Waals surface area (Å²) in [4.78, 5) is 15.9. The predicted molar refractivity (Wildman–Crippen MR) is 227 cm³/mol. The van der Waals surface area contributed by atoms with E-state index in [4.69, 9.17) is 19.4 Å². The number of hydrogen-bond acceptors (Lipinski definition) is 4. The van der Waals surface area contributed by atoms with Gasteiger partial charge >= 0.3 is 0 Å². The van der Waals surface area contributed by atoms with Gasteiger partial charge in [0.2, 0.25) is 0 Å². The fourth-order valence-electron chi connectivity index (χ4n) is 9.81. The minimum atomic E-state index is -0.134. The monoisotopic (exact) mass is 717 g/mol. The van der Waals surface area contributed by atoms with Crippen LogP contribution >= 0.6 is 0 Å². The number of nitrogens with zero attached hydrogens (tertiary/aromatic N) is 3. The summed E-state index contributed by atoms with van der Waals surface area (Å²) in [7, 11) is 0. The van der Waals surface area contributed by atoms with Gasteiger partial charge in [-0.15, -0.1) is 0 Å². The third-order valence-electron chi connectivity index (χ3n) is 12.4. The number of aromatic nitrogens is 3. The highest BCUT2D eigenvalue weighted by Crippen LogP contribution is 2.52. The Morgan fingerprint density at radius 3 is 2.09 bits per heavy atom. The van der Waals surface area contributed by atoms with Crippen LogP contribution in [0.3, 0.4) is 0 Å². The molecular weight excluding hydrogens is 683 g/mol. The second-order valence-corrected chi connectivity index (χ2v) is 15.8. The molecule has 2 aromatic heterocycles. The van der Waals surface area contributed by atoms with Crippen molar-refractivity contribution in [2.24, 2.45) is 0 Å². The Bertz CT molecular complexity index is 3280. The first kappa shape index (κ1) is 31.4. The van der Waals surface area contributed by atoms with Crippen molar-refractivity contribution in [2.75, 3.05) is 0 Å². The summed E-state index contributed by atoms with van der Waals surface area (Å²) in [6.45, 7) is 4.62. The van der Waals surface area contributed by atoms with E-state index < -0.39 is 0 Å². The van der Waals surface area contributed by atoms with E-state index in [1.165, 1.54) is 60.8 Å². The smallest absolute Gasteiger partial charge is 0.164 e. The molecule has 56 heavy (non-hydrogen) atoms. The van der Waals surface area contributed by atoms with Gasteiger partial charge in [0.05, 0.1) is 0 Å². The van der Waals surface area contributed by atoms with Crippen LogP contribution in [-0.4, -0.2) is 15.0 Å². The minimum absolute atomic E-state index is 0.134. The molecule has 0 saturated carbocycles. The van der Waals surface area contributed by atoms with E-state index >= 15 is 0 Å². The first-order valence-corrected chi connectivity index (χ1v) is 19.5. The van der Waals surface area contributed by atoms with Crippen LogP contribution in [0.5, 0.6) is 0 Å². The Balaban J connectivity index is 1.10. The van der Waals surface area contributed by atoms with Crippen molar-refractivity contribution in [3.05, 3.63) is 173 Å². The molecule has 0 amide bonds. The molecule has 0 N–H and O–H groups in total. The second-order valence-electron chi connectivity index (χ2n) is 15.8. The molecule has 264 valence electrons. The summed E-state index contributed by atoms with van der Waals surface area (Å²) in [5.41, 5.74) is 17.3. The Morgan fingerprint density at radius 1 is 0.518 bits per heavy atom. The summed E-state index contributed by atoms with van der Waals surface area (Å²) in [6.07, 6.45) is 3.86. The minimum Gasteiger partial charge on any atom is -0.456 e. The van der Waals surface area contributed by atoms with E-state index in [-0.39, 0.29) is 5.41 Å². The molecule has 0 atom stereocenters. The average Bonchev–Trinajstić information content (AvgIpc) is 3.87. The summed E-state index contributed by atoms with van der Waals surface area (Å²) >= 11 is 0. The molecule has 3 aliphatic carbocycles. The quantitative estimate of drug-likeness (QED) is 0.182. The third kappa shape index (κ3) is 4.38. The number of hydrogen-bond donors (Lipinski definition) is 0. The van der Waals surface area contributed by atoms with Crippen LogP contribution in [0.1, 0.15) is 43.6 Å². The summed E-state index contributed by atoms with van der Waals surface area (Å²) in [6, 6.07) is 52.3. The van der Waals surface area contributed by atoms with Crippen LogP contribution in [0.4, 0.5) is 0 Å². The van der Waals surface area contributed by atoms with Crippen molar-refractivity contribution in [3.63, 3.8) is 0 Å². The summed E-state index contributed by atoms with van der Waals surface area (Å²) < 4.78 is 6.63. The van der Waals surface area contributed by atoms with Gasteiger partial charge in [-0.05, 0) is 97.5 Å². The van der Waals surface area contributed by atoms with Crippen molar-refractivity contribution in [2.45, 2.75) is 32.1 Å². The van der Waals surface area contributed by atoms with Gasteiger partial charge in [-0.3, -0.25) is 0 Å². The maximum absolute atomic E-state index is 6.63. The lowest BCUT2D eigenvalue weighted by atomic mass is 9.82. The van der Waals surface area contributed by atoms with E-state index in [1.54, 1.807) is 0 Å². The highest BCUT2D eigenvalue weighted by atomic mass is 16.3. The van der Waals surface area contributed by atoms with Crippen molar-refractivity contribution in [3.8, 4) is 67.3 Å². The van der Waals surface area contributed by atoms with Gasteiger partial charge in [-0.2, -0.15) is 0 Å². The van der Waals surface area contributed by atoms with Crippen LogP contribution in [0.15, 0.2) is 150 Å². The lowest BCUT2D eigenvalue weighted by Gasteiger charge is -2.21. The number of fused-ring (bicyclic) bond motifs is 9. The largest absolute Gasteiger partial charge is 0.456 e. The third-order valence-corrected chi connectivity index (χ3v) is 12.4. The number of rotatable bonds is 4. The lowest BCUT2D eigenvalue weighted by Crippen LogP contribution is -2.27. The molecule has 2 heterocycles. The molecule has 7 aromatic carbocycles. The van der Waals surface area contributed by atoms with Gasteiger partial charge in [0.25, 0.3) is 0 Å². The molecule has 0 bridgehead atoms. The molecule has 0 spiro atoms. The number of benzene rings is 7. The normalized spacial score (nSPS) is 14.4. The molecular formula is C52H35N3O. The van der Waals surface area contributed by atoms with Crippen molar-refractivity contribution >= 4 is 33.4 Å². The maximum Gasteiger partial charge on any atom is 0.164 e. The van der Waals surface area contributed by atoms with Gasteiger partial charge in [-0.1, -0.05) is 147 Å². The molecule has 0 saturated heterocycles. The van der Waals surface area contributed by atoms with E-state index in [0.29, 0.717) is 17.5 Å². The molecule has 0 radical (unpaired) electrons. The summed E-state index contributed by atoms with van der Waals surface area (Å²) in [5.74, 6) is 2.05. The van der Waals surface area contributed by atoms with Crippen molar-refractivity contribution in [1.29, 1.82) is 0 Å². The predicted octanol–water partition coefficient (Wildman–Crippen LogP) is 11.5. The molecule has 3 aliphatic rings. The molecule has 4 nitrogen and oxygen atoms in total. The van der Waals surface area contributed by atoms with Crippen LogP contribution in [0, 0.1) is 0 Å². The van der Waals surface area contributed by atoms with Crippen LogP contribution in [-0.2, 0) is 5.41 Å². The summed E-state index contributed by atoms with van der Waals surface area (Å²) in [5, 5.41) is 4.76. The van der Waals surface area contributed by atoms with Crippen LogP contribution in [0.25, 0.3) is 101 Å². The molecule has 9 aromatic rings. The number of furan rings is 1. The molecule has 4 heteroatoms. The van der Waals surface area contributed by atoms with Crippen LogP contribution < -0.4 is 10.6 Å². The Labute approximate surface area is 324 Å². The topological polar surface area (TPSA) is 51.8 Å². The van der Waals surface area contributed by atoms with Gasteiger partial charge in [0.1, 0.15) is 11.0 Å². The molecule has 0 fully saturated rings. The second kappa shape index (κ2) is 11.5. The highest BCUT2D eigenvalue weighted by molar-refractivity contribution is 6.18. The van der Waals surface area contributed by atoms with E-state index in [9.17, 15) is 0 Å². The lowest BCUT2D eigenvalue weighted by molar-refractivity contribution is 0.571. The zero-order valence-corrected chi connectivity index (χ0v) is 31.1. The van der Waals surface area contributed by atoms with E-state index in [1.807, 2.05) is 18.2 Å². The Kier molecular flexibility index (Phi) is 6.48. The first-order chi connectivity index (χ1) is 27.5. The zero-order valence-electron chi connectivity index (χ0n) is 31.1. The Hall–Kier alpha value is -6.91. The highest BCUT2D eigenvalue weighted by Gasteiger charge is 2.37. The fourth-order valence-corrected chi connectivity index (χ4v) is 9.81. The molecule has 0 aliphatic heterocycles. The first-order valence-electron chi connectivity index (χ1n) is 19.5.